The number of aromatic nitrogens is 1. The molecule has 1 rings (SSSR count). The Labute approximate surface area is 96.2 Å². The second kappa shape index (κ2) is 4.80. The van der Waals surface area contributed by atoms with E-state index >= 15 is 0 Å². The fraction of sp³-hybridized carbons (Fsp3) is 0.250. The van der Waals surface area contributed by atoms with Crippen LogP contribution in [-0.4, -0.2) is 4.98 Å². The summed E-state index contributed by atoms with van der Waals surface area (Å²) in [7, 11) is 0. The number of hydrogen-bond donors (Lipinski definition) is 0. The highest BCUT2D eigenvalue weighted by Gasteiger charge is 2.19. The SMILES string of the molecule is N#Cc1c(Br)cnc(C(F)F)c1CBr. The fourth-order valence-corrected chi connectivity index (χ4v) is 1.98. The summed E-state index contributed by atoms with van der Waals surface area (Å²) < 4.78 is 25.3. The Bertz CT molecular complexity index is 388. The maximum atomic E-state index is 12.5. The van der Waals surface area contributed by atoms with Crippen molar-refractivity contribution in [1.29, 1.82) is 5.26 Å². The van der Waals surface area contributed by atoms with Crippen LogP contribution in [0.5, 0.6) is 0 Å². The average Bonchev–Trinajstić information content (AvgIpc) is 2.16. The maximum absolute atomic E-state index is 12.5. The molecule has 1 aromatic rings. The third-order valence-corrected chi connectivity index (χ3v) is 2.78. The molecule has 0 radical (unpaired) electrons. The van der Waals surface area contributed by atoms with E-state index in [-0.39, 0.29) is 22.2 Å². The molecular formula is C8H4Br2F2N2. The summed E-state index contributed by atoms with van der Waals surface area (Å²) in [6.45, 7) is 0. The van der Waals surface area contributed by atoms with Crippen LogP contribution >= 0.6 is 31.9 Å². The molecule has 0 aromatic carbocycles. The first-order valence-electron chi connectivity index (χ1n) is 3.53. The van der Waals surface area contributed by atoms with Crippen molar-refractivity contribution < 1.29 is 8.78 Å². The Morgan fingerprint density at radius 1 is 1.57 bits per heavy atom. The van der Waals surface area contributed by atoms with Crippen LogP contribution in [0.2, 0.25) is 0 Å². The zero-order chi connectivity index (χ0) is 10.7. The molecule has 0 aliphatic rings. The van der Waals surface area contributed by atoms with Gasteiger partial charge in [-0.1, -0.05) is 15.9 Å². The maximum Gasteiger partial charge on any atom is 0.280 e. The van der Waals surface area contributed by atoms with Crippen molar-refractivity contribution in [3.8, 4) is 6.07 Å². The molecule has 0 N–H and O–H groups in total. The molecule has 0 atom stereocenters. The van der Waals surface area contributed by atoms with Crippen molar-refractivity contribution in [3.05, 3.63) is 27.5 Å². The number of nitrogens with zero attached hydrogens (tertiary/aromatic N) is 2. The highest BCUT2D eigenvalue weighted by molar-refractivity contribution is 9.10. The van der Waals surface area contributed by atoms with Crippen molar-refractivity contribution >= 4 is 31.9 Å². The number of pyridine rings is 1. The lowest BCUT2D eigenvalue weighted by molar-refractivity contribution is 0.145. The van der Waals surface area contributed by atoms with Crippen LogP contribution in [-0.2, 0) is 5.33 Å². The van der Waals surface area contributed by atoms with Gasteiger partial charge in [0.15, 0.2) is 0 Å². The van der Waals surface area contributed by atoms with Gasteiger partial charge in [-0.2, -0.15) is 5.26 Å². The van der Waals surface area contributed by atoms with Crippen molar-refractivity contribution in [1.82, 2.24) is 4.98 Å². The van der Waals surface area contributed by atoms with E-state index in [0.717, 1.165) is 0 Å². The molecular weight excluding hydrogens is 322 g/mol. The molecule has 0 saturated carbocycles. The van der Waals surface area contributed by atoms with Gasteiger partial charge in [-0.25, -0.2) is 8.78 Å². The summed E-state index contributed by atoms with van der Waals surface area (Å²) in [6, 6.07) is 1.86. The van der Waals surface area contributed by atoms with Gasteiger partial charge in [0.25, 0.3) is 6.43 Å². The summed E-state index contributed by atoms with van der Waals surface area (Å²) in [6.07, 6.45) is -1.45. The van der Waals surface area contributed by atoms with Crippen LogP contribution in [0.25, 0.3) is 0 Å². The molecule has 6 heteroatoms. The molecule has 1 aromatic heterocycles. The molecule has 0 unspecified atom stereocenters. The molecule has 0 amide bonds. The second-order valence-electron chi connectivity index (χ2n) is 2.39. The molecule has 0 spiro atoms. The highest BCUT2D eigenvalue weighted by atomic mass is 79.9. The number of alkyl halides is 3. The third kappa shape index (κ3) is 2.10. The topological polar surface area (TPSA) is 36.7 Å². The molecule has 0 aliphatic heterocycles. The minimum Gasteiger partial charge on any atom is -0.254 e. The van der Waals surface area contributed by atoms with Crippen molar-refractivity contribution in [3.63, 3.8) is 0 Å². The van der Waals surface area contributed by atoms with E-state index in [4.69, 9.17) is 5.26 Å². The van der Waals surface area contributed by atoms with Crippen molar-refractivity contribution in [2.24, 2.45) is 0 Å². The summed E-state index contributed by atoms with van der Waals surface area (Å²) in [5.41, 5.74) is 0.0886. The van der Waals surface area contributed by atoms with E-state index < -0.39 is 6.43 Å². The largest absolute Gasteiger partial charge is 0.280 e. The quantitative estimate of drug-likeness (QED) is 0.780. The number of nitriles is 1. The van der Waals surface area contributed by atoms with Gasteiger partial charge in [0, 0.05) is 17.1 Å². The molecule has 14 heavy (non-hydrogen) atoms. The minimum atomic E-state index is -2.66. The van der Waals surface area contributed by atoms with Crippen LogP contribution in [0.15, 0.2) is 10.7 Å². The molecule has 0 aliphatic carbocycles. The molecule has 0 fully saturated rings. The highest BCUT2D eigenvalue weighted by Crippen LogP contribution is 2.29. The van der Waals surface area contributed by atoms with Gasteiger partial charge in [-0.15, -0.1) is 0 Å². The number of halogens is 4. The third-order valence-electron chi connectivity index (χ3n) is 1.62. The van der Waals surface area contributed by atoms with E-state index in [9.17, 15) is 8.78 Å². The van der Waals surface area contributed by atoms with E-state index in [2.05, 4.69) is 36.8 Å². The lowest BCUT2D eigenvalue weighted by Gasteiger charge is -2.07. The first-order chi connectivity index (χ1) is 6.61. The van der Waals surface area contributed by atoms with Gasteiger partial charge in [0.05, 0.1) is 10.0 Å². The summed E-state index contributed by atoms with van der Waals surface area (Å²) in [5.74, 6) is 0. The second-order valence-corrected chi connectivity index (χ2v) is 3.81. The number of rotatable bonds is 2. The first-order valence-corrected chi connectivity index (χ1v) is 5.44. The minimum absolute atomic E-state index is 0.183. The summed E-state index contributed by atoms with van der Waals surface area (Å²) in [5, 5.41) is 8.95. The first kappa shape index (κ1) is 11.5. The van der Waals surface area contributed by atoms with Gasteiger partial charge in [0.1, 0.15) is 11.8 Å². The lowest BCUT2D eigenvalue weighted by atomic mass is 10.1. The van der Waals surface area contributed by atoms with Crippen LogP contribution in [0, 0.1) is 11.3 Å². The van der Waals surface area contributed by atoms with E-state index in [1.54, 1.807) is 0 Å². The summed E-state index contributed by atoms with van der Waals surface area (Å²) >= 11 is 6.14. The van der Waals surface area contributed by atoms with Gasteiger partial charge >= 0.3 is 0 Å². The van der Waals surface area contributed by atoms with Crippen LogP contribution < -0.4 is 0 Å². The predicted molar refractivity (Wildman–Crippen MR) is 54.2 cm³/mol. The van der Waals surface area contributed by atoms with E-state index in [1.807, 2.05) is 6.07 Å². The van der Waals surface area contributed by atoms with Crippen LogP contribution in [0.4, 0.5) is 8.78 Å². The van der Waals surface area contributed by atoms with Crippen molar-refractivity contribution in [2.75, 3.05) is 0 Å². The van der Waals surface area contributed by atoms with Gasteiger partial charge in [-0.05, 0) is 15.9 Å². The van der Waals surface area contributed by atoms with Gasteiger partial charge in [0.2, 0.25) is 0 Å². The lowest BCUT2D eigenvalue weighted by Crippen LogP contribution is -2.00. The van der Waals surface area contributed by atoms with Gasteiger partial charge < -0.3 is 0 Å². The van der Waals surface area contributed by atoms with Crippen LogP contribution in [0.3, 0.4) is 0 Å². The summed E-state index contributed by atoms with van der Waals surface area (Å²) in [4.78, 5) is 3.58. The van der Waals surface area contributed by atoms with E-state index in [1.165, 1.54) is 6.20 Å². The normalized spacial score (nSPS) is 10.3. The predicted octanol–water partition coefficient (Wildman–Crippen LogP) is 3.55. The Morgan fingerprint density at radius 3 is 2.64 bits per heavy atom. The smallest absolute Gasteiger partial charge is 0.254 e. The van der Waals surface area contributed by atoms with Crippen molar-refractivity contribution in [2.45, 2.75) is 11.8 Å². The Kier molecular flexibility index (Phi) is 3.96. The molecule has 1 heterocycles. The average molecular weight is 326 g/mol. The Morgan fingerprint density at radius 2 is 2.21 bits per heavy atom. The zero-order valence-corrected chi connectivity index (χ0v) is 9.94. The molecule has 2 nitrogen and oxygen atoms in total. The zero-order valence-electron chi connectivity index (χ0n) is 6.77. The fourth-order valence-electron chi connectivity index (χ4n) is 0.985. The Hall–Kier alpha value is -0.540. The van der Waals surface area contributed by atoms with Crippen LogP contribution in [0.1, 0.15) is 23.2 Å². The standard InChI is InChI=1S/C8H4Br2F2N2/c9-1-4-5(2-13)6(10)3-14-7(4)8(11)12/h3,8H,1H2. The Balaban J connectivity index is 3.42. The van der Waals surface area contributed by atoms with Gasteiger partial charge in [-0.3, -0.25) is 4.98 Å². The molecule has 0 bridgehead atoms. The monoisotopic (exact) mass is 324 g/mol. The molecule has 0 saturated heterocycles. The number of hydrogen-bond acceptors (Lipinski definition) is 2. The van der Waals surface area contributed by atoms with E-state index in [0.29, 0.717) is 4.47 Å². The molecule has 74 valence electrons.